The number of nitro benzene ring substituents is 1. The lowest BCUT2D eigenvalue weighted by atomic mass is 10.1. The molecule has 24 heavy (non-hydrogen) atoms. The second kappa shape index (κ2) is 7.76. The maximum atomic E-state index is 12.0. The minimum Gasteiger partial charge on any atom is -0.444 e. The molecule has 1 rings (SSSR count). The SMILES string of the molecule is Cc1ccc([N+](=O)[O-])c(C)c1NC(=O)CCNC(=O)OC(C)(C)C. The van der Waals surface area contributed by atoms with Crippen LogP contribution in [0, 0.1) is 24.0 Å². The van der Waals surface area contributed by atoms with Crippen LogP contribution < -0.4 is 10.6 Å². The molecule has 1 aromatic rings. The number of amides is 2. The van der Waals surface area contributed by atoms with Crippen LogP contribution in [0.15, 0.2) is 12.1 Å². The van der Waals surface area contributed by atoms with E-state index in [0.29, 0.717) is 11.3 Å². The molecule has 0 saturated heterocycles. The average Bonchev–Trinajstić information content (AvgIpc) is 2.40. The van der Waals surface area contributed by atoms with Gasteiger partial charge in [0.15, 0.2) is 0 Å². The second-order valence-corrected chi connectivity index (χ2v) is 6.39. The lowest BCUT2D eigenvalue weighted by Crippen LogP contribution is -2.34. The van der Waals surface area contributed by atoms with E-state index in [0.717, 1.165) is 5.56 Å². The molecular weight excluding hydrogens is 314 g/mol. The molecule has 0 aliphatic rings. The summed E-state index contributed by atoms with van der Waals surface area (Å²) in [6, 6.07) is 2.99. The standard InChI is InChI=1S/C16H23N3O5/c1-10-6-7-12(19(22)23)11(2)14(10)18-13(20)8-9-17-15(21)24-16(3,4)5/h6-7H,8-9H2,1-5H3,(H,17,21)(H,18,20). The Hall–Kier alpha value is -2.64. The van der Waals surface area contributed by atoms with E-state index >= 15 is 0 Å². The summed E-state index contributed by atoms with van der Waals surface area (Å²) >= 11 is 0. The Morgan fingerprint density at radius 2 is 1.88 bits per heavy atom. The highest BCUT2D eigenvalue weighted by atomic mass is 16.6. The van der Waals surface area contributed by atoms with E-state index in [4.69, 9.17) is 4.74 Å². The number of alkyl carbamates (subject to hydrolysis) is 1. The molecule has 0 atom stereocenters. The van der Waals surface area contributed by atoms with Crippen molar-refractivity contribution >= 4 is 23.4 Å². The minimum atomic E-state index is -0.608. The summed E-state index contributed by atoms with van der Waals surface area (Å²) in [4.78, 5) is 34.0. The molecular formula is C16H23N3O5. The number of benzene rings is 1. The largest absolute Gasteiger partial charge is 0.444 e. The maximum Gasteiger partial charge on any atom is 0.407 e. The van der Waals surface area contributed by atoms with E-state index in [-0.39, 0.29) is 24.6 Å². The van der Waals surface area contributed by atoms with E-state index in [9.17, 15) is 19.7 Å². The predicted octanol–water partition coefficient (Wildman–Crippen LogP) is 3.06. The van der Waals surface area contributed by atoms with E-state index in [1.165, 1.54) is 6.07 Å². The molecule has 0 aromatic heterocycles. The number of hydrogen-bond donors (Lipinski definition) is 2. The Bertz CT molecular complexity index is 650. The number of carbonyl (C=O) groups excluding carboxylic acids is 2. The molecule has 2 N–H and O–H groups in total. The molecule has 2 amide bonds. The Labute approximate surface area is 140 Å². The number of ether oxygens (including phenoxy) is 1. The summed E-state index contributed by atoms with van der Waals surface area (Å²) in [7, 11) is 0. The van der Waals surface area contributed by atoms with Gasteiger partial charge in [-0.05, 0) is 40.2 Å². The highest BCUT2D eigenvalue weighted by Gasteiger charge is 2.18. The van der Waals surface area contributed by atoms with Crippen molar-refractivity contribution in [2.24, 2.45) is 0 Å². The number of rotatable bonds is 5. The van der Waals surface area contributed by atoms with Crippen LogP contribution in [0.5, 0.6) is 0 Å². The Morgan fingerprint density at radius 3 is 2.42 bits per heavy atom. The third kappa shape index (κ3) is 5.86. The topological polar surface area (TPSA) is 111 Å². The van der Waals surface area contributed by atoms with Crippen molar-refractivity contribution in [3.8, 4) is 0 Å². The quantitative estimate of drug-likeness (QED) is 0.633. The van der Waals surface area contributed by atoms with Gasteiger partial charge in [0.25, 0.3) is 5.69 Å². The molecule has 0 unspecified atom stereocenters. The monoisotopic (exact) mass is 337 g/mol. The Kier molecular flexibility index (Phi) is 6.27. The number of aryl methyl sites for hydroxylation is 1. The molecule has 8 nitrogen and oxygen atoms in total. The van der Waals surface area contributed by atoms with Gasteiger partial charge in [-0.3, -0.25) is 14.9 Å². The van der Waals surface area contributed by atoms with Crippen LogP contribution in [0.25, 0.3) is 0 Å². The molecule has 132 valence electrons. The van der Waals surface area contributed by atoms with Gasteiger partial charge in [-0.25, -0.2) is 4.79 Å². The molecule has 0 aliphatic heterocycles. The van der Waals surface area contributed by atoms with Gasteiger partial charge in [0.2, 0.25) is 5.91 Å². The van der Waals surface area contributed by atoms with Crippen molar-refractivity contribution in [1.29, 1.82) is 0 Å². The zero-order valence-electron chi connectivity index (χ0n) is 14.6. The summed E-state index contributed by atoms with van der Waals surface area (Å²) in [6.45, 7) is 8.67. The van der Waals surface area contributed by atoms with Gasteiger partial charge < -0.3 is 15.4 Å². The summed E-state index contributed by atoms with van der Waals surface area (Å²) in [5, 5.41) is 16.1. The number of nitro groups is 1. The maximum absolute atomic E-state index is 12.0. The van der Waals surface area contributed by atoms with Gasteiger partial charge in [0.1, 0.15) is 5.60 Å². The van der Waals surface area contributed by atoms with Crippen molar-refractivity contribution in [3.63, 3.8) is 0 Å². The molecule has 0 saturated carbocycles. The fourth-order valence-electron chi connectivity index (χ4n) is 2.02. The number of hydrogen-bond acceptors (Lipinski definition) is 5. The van der Waals surface area contributed by atoms with E-state index in [1.54, 1.807) is 40.7 Å². The first-order valence-corrected chi connectivity index (χ1v) is 7.52. The molecule has 0 bridgehead atoms. The first-order valence-electron chi connectivity index (χ1n) is 7.52. The van der Waals surface area contributed by atoms with Crippen molar-refractivity contribution in [2.75, 3.05) is 11.9 Å². The Balaban J connectivity index is 2.62. The van der Waals surface area contributed by atoms with E-state index < -0.39 is 16.6 Å². The molecule has 0 spiro atoms. The molecule has 8 heteroatoms. The Morgan fingerprint density at radius 1 is 1.25 bits per heavy atom. The fourth-order valence-corrected chi connectivity index (χ4v) is 2.02. The fraction of sp³-hybridized carbons (Fsp3) is 0.500. The van der Waals surface area contributed by atoms with Gasteiger partial charge in [0, 0.05) is 19.0 Å². The van der Waals surface area contributed by atoms with Crippen molar-refractivity contribution in [1.82, 2.24) is 5.32 Å². The molecule has 0 heterocycles. The number of nitrogens with one attached hydrogen (secondary N) is 2. The number of nitrogens with zero attached hydrogens (tertiary/aromatic N) is 1. The highest BCUT2D eigenvalue weighted by Crippen LogP contribution is 2.28. The van der Waals surface area contributed by atoms with Gasteiger partial charge in [-0.15, -0.1) is 0 Å². The smallest absolute Gasteiger partial charge is 0.407 e. The third-order valence-corrected chi connectivity index (χ3v) is 3.13. The van der Waals surface area contributed by atoms with E-state index in [1.807, 2.05) is 0 Å². The summed E-state index contributed by atoms with van der Waals surface area (Å²) < 4.78 is 5.06. The van der Waals surface area contributed by atoms with Crippen LogP contribution in [0.3, 0.4) is 0 Å². The first kappa shape index (κ1) is 19.4. The average molecular weight is 337 g/mol. The van der Waals surface area contributed by atoms with Crippen molar-refractivity contribution < 1.29 is 19.2 Å². The molecule has 0 aliphatic carbocycles. The zero-order chi connectivity index (χ0) is 18.5. The van der Waals surface area contributed by atoms with Gasteiger partial charge in [0.05, 0.1) is 16.2 Å². The van der Waals surface area contributed by atoms with Crippen molar-refractivity contribution in [3.05, 3.63) is 33.4 Å². The van der Waals surface area contributed by atoms with Crippen LogP contribution in [0.1, 0.15) is 38.3 Å². The van der Waals surface area contributed by atoms with Crippen molar-refractivity contribution in [2.45, 2.75) is 46.6 Å². The van der Waals surface area contributed by atoms with Crippen LogP contribution in [0.4, 0.5) is 16.2 Å². The summed E-state index contributed by atoms with van der Waals surface area (Å²) in [5.41, 5.74) is 0.887. The third-order valence-electron chi connectivity index (χ3n) is 3.13. The van der Waals surface area contributed by atoms with Crippen LogP contribution >= 0.6 is 0 Å². The zero-order valence-corrected chi connectivity index (χ0v) is 14.6. The van der Waals surface area contributed by atoms with E-state index in [2.05, 4.69) is 10.6 Å². The first-order chi connectivity index (χ1) is 11.0. The second-order valence-electron chi connectivity index (χ2n) is 6.39. The minimum absolute atomic E-state index is 0.0286. The van der Waals surface area contributed by atoms with Gasteiger partial charge in [-0.2, -0.15) is 0 Å². The number of anilines is 1. The molecule has 0 radical (unpaired) electrons. The molecule has 0 fully saturated rings. The lowest BCUT2D eigenvalue weighted by molar-refractivity contribution is -0.385. The van der Waals surface area contributed by atoms with Crippen LogP contribution in [-0.2, 0) is 9.53 Å². The predicted molar refractivity (Wildman–Crippen MR) is 90.1 cm³/mol. The van der Waals surface area contributed by atoms with Crippen LogP contribution in [-0.4, -0.2) is 29.1 Å². The lowest BCUT2D eigenvalue weighted by Gasteiger charge is -2.19. The normalized spacial score (nSPS) is 10.9. The summed E-state index contributed by atoms with van der Waals surface area (Å²) in [5.74, 6) is -0.349. The highest BCUT2D eigenvalue weighted by molar-refractivity contribution is 5.93. The number of carbonyl (C=O) groups is 2. The van der Waals surface area contributed by atoms with Crippen LogP contribution in [0.2, 0.25) is 0 Å². The summed E-state index contributed by atoms with van der Waals surface area (Å²) in [6.07, 6.45) is -0.570. The van der Waals surface area contributed by atoms with Gasteiger partial charge >= 0.3 is 6.09 Å². The van der Waals surface area contributed by atoms with Gasteiger partial charge in [-0.1, -0.05) is 6.07 Å². The molecule has 1 aromatic carbocycles.